The summed E-state index contributed by atoms with van der Waals surface area (Å²) in [4.78, 5) is 24.3. The summed E-state index contributed by atoms with van der Waals surface area (Å²) in [6.07, 6.45) is 0. The van der Waals surface area contributed by atoms with Crippen LogP contribution in [0.25, 0.3) is 0 Å². The fourth-order valence-corrected chi connectivity index (χ4v) is 2.13. The van der Waals surface area contributed by atoms with Gasteiger partial charge >= 0.3 is 0 Å². The summed E-state index contributed by atoms with van der Waals surface area (Å²) in [6.45, 7) is 5.42. The maximum absolute atomic E-state index is 12.3. The zero-order valence-corrected chi connectivity index (χ0v) is 15.2. The van der Waals surface area contributed by atoms with Crippen LogP contribution in [-0.4, -0.2) is 16.9 Å². The summed E-state index contributed by atoms with van der Waals surface area (Å²) in [5, 5.41) is 8.58. The van der Waals surface area contributed by atoms with E-state index in [1.54, 1.807) is 45.0 Å². The van der Waals surface area contributed by atoms with Crippen molar-refractivity contribution in [3.63, 3.8) is 0 Å². The molecule has 0 aromatic heterocycles. The summed E-state index contributed by atoms with van der Waals surface area (Å²) in [7, 11) is 0. The molecule has 0 spiro atoms. The third-order valence-electron chi connectivity index (χ3n) is 3.32. The molecule has 0 unspecified atom stereocenters. The molecule has 0 bridgehead atoms. The van der Waals surface area contributed by atoms with E-state index in [4.69, 9.17) is 12.2 Å². The van der Waals surface area contributed by atoms with Crippen molar-refractivity contribution in [2.75, 3.05) is 10.6 Å². The van der Waals surface area contributed by atoms with Gasteiger partial charge in [0.05, 0.1) is 0 Å². The largest absolute Gasteiger partial charge is 0.332 e. The second kappa shape index (κ2) is 7.90. The number of carbonyl (C=O) groups excluding carboxylic acids is 2. The van der Waals surface area contributed by atoms with Gasteiger partial charge in [-0.15, -0.1) is 0 Å². The quantitative estimate of drug-likeness (QED) is 0.733. The van der Waals surface area contributed by atoms with Gasteiger partial charge in [-0.25, -0.2) is 0 Å². The van der Waals surface area contributed by atoms with Gasteiger partial charge in [0.2, 0.25) is 5.91 Å². The second-order valence-corrected chi connectivity index (χ2v) is 6.97. The highest BCUT2D eigenvalue weighted by molar-refractivity contribution is 7.80. The van der Waals surface area contributed by atoms with Gasteiger partial charge in [-0.1, -0.05) is 45.0 Å². The van der Waals surface area contributed by atoms with Gasteiger partial charge in [0.15, 0.2) is 5.11 Å². The van der Waals surface area contributed by atoms with Crippen molar-refractivity contribution in [3.05, 3.63) is 60.2 Å². The van der Waals surface area contributed by atoms with Crippen LogP contribution in [0.15, 0.2) is 54.6 Å². The predicted octanol–water partition coefficient (Wildman–Crippen LogP) is 3.80. The molecule has 3 N–H and O–H groups in total. The third kappa shape index (κ3) is 5.69. The van der Waals surface area contributed by atoms with E-state index < -0.39 is 5.41 Å². The summed E-state index contributed by atoms with van der Waals surface area (Å²) >= 11 is 5.15. The van der Waals surface area contributed by atoms with Crippen molar-refractivity contribution < 1.29 is 9.59 Å². The zero-order valence-electron chi connectivity index (χ0n) is 14.4. The first-order valence-electron chi connectivity index (χ1n) is 7.84. The second-order valence-electron chi connectivity index (χ2n) is 6.56. The first-order chi connectivity index (χ1) is 11.8. The van der Waals surface area contributed by atoms with Crippen LogP contribution in [0.4, 0.5) is 11.4 Å². The Morgan fingerprint density at radius 3 is 2.16 bits per heavy atom. The highest BCUT2D eigenvalue weighted by Gasteiger charge is 2.22. The molecule has 2 rings (SSSR count). The Morgan fingerprint density at radius 2 is 1.52 bits per heavy atom. The predicted molar refractivity (Wildman–Crippen MR) is 105 cm³/mol. The molecule has 2 aromatic carbocycles. The Hall–Kier alpha value is -2.73. The number of hydrogen-bond acceptors (Lipinski definition) is 3. The molecule has 2 amide bonds. The number of thiocarbonyl (C=S) groups is 1. The number of rotatable bonds is 3. The van der Waals surface area contributed by atoms with Gasteiger partial charge in [-0.3, -0.25) is 9.59 Å². The Kier molecular flexibility index (Phi) is 5.88. The van der Waals surface area contributed by atoms with Crippen LogP contribution < -0.4 is 16.0 Å². The summed E-state index contributed by atoms with van der Waals surface area (Å²) in [6, 6.07) is 16.1. The Bertz CT molecular complexity index is 783. The topological polar surface area (TPSA) is 70.2 Å². The van der Waals surface area contributed by atoms with Crippen LogP contribution in [0.2, 0.25) is 0 Å². The van der Waals surface area contributed by atoms with Gasteiger partial charge < -0.3 is 16.0 Å². The van der Waals surface area contributed by atoms with Gasteiger partial charge in [0.1, 0.15) is 0 Å². The van der Waals surface area contributed by atoms with Crippen molar-refractivity contribution in [1.29, 1.82) is 0 Å². The average molecular weight is 355 g/mol. The Labute approximate surface area is 152 Å². The van der Waals surface area contributed by atoms with Crippen LogP contribution >= 0.6 is 12.2 Å². The van der Waals surface area contributed by atoms with E-state index >= 15 is 0 Å². The number of amides is 2. The molecule has 25 heavy (non-hydrogen) atoms. The van der Waals surface area contributed by atoms with E-state index in [-0.39, 0.29) is 16.9 Å². The molecule has 0 radical (unpaired) electrons. The molecule has 0 aliphatic rings. The van der Waals surface area contributed by atoms with Gasteiger partial charge in [-0.05, 0) is 42.5 Å². The number of carbonyl (C=O) groups is 2. The fraction of sp³-hybridized carbons (Fsp3) is 0.211. The first kappa shape index (κ1) is 18.6. The SMILES string of the molecule is CC(C)(C)C(=O)NC(=S)Nc1cccc(C(=O)Nc2ccccc2)c1. The highest BCUT2D eigenvalue weighted by Crippen LogP contribution is 2.15. The molecular weight excluding hydrogens is 334 g/mol. The minimum Gasteiger partial charge on any atom is -0.332 e. The molecular formula is C19H21N3O2S. The minimum atomic E-state index is -0.539. The van der Waals surface area contributed by atoms with Crippen LogP contribution in [0.5, 0.6) is 0 Å². The van der Waals surface area contributed by atoms with Gasteiger partial charge in [0.25, 0.3) is 5.91 Å². The van der Waals surface area contributed by atoms with Crippen molar-refractivity contribution in [3.8, 4) is 0 Å². The molecule has 0 saturated carbocycles. The molecule has 2 aromatic rings. The van der Waals surface area contributed by atoms with Crippen LogP contribution in [0, 0.1) is 5.41 Å². The number of para-hydroxylation sites is 1. The van der Waals surface area contributed by atoms with Crippen LogP contribution in [-0.2, 0) is 4.79 Å². The smallest absolute Gasteiger partial charge is 0.255 e. The van der Waals surface area contributed by atoms with E-state index in [1.807, 2.05) is 30.3 Å². The van der Waals surface area contributed by atoms with E-state index in [1.165, 1.54) is 0 Å². The third-order valence-corrected chi connectivity index (χ3v) is 3.53. The Balaban J connectivity index is 2.02. The maximum atomic E-state index is 12.3. The summed E-state index contributed by atoms with van der Waals surface area (Å²) < 4.78 is 0. The molecule has 0 heterocycles. The normalized spacial score (nSPS) is 10.7. The average Bonchev–Trinajstić information content (AvgIpc) is 2.55. The first-order valence-corrected chi connectivity index (χ1v) is 8.25. The lowest BCUT2D eigenvalue weighted by Gasteiger charge is -2.18. The fourth-order valence-electron chi connectivity index (χ4n) is 1.92. The minimum absolute atomic E-state index is 0.178. The van der Waals surface area contributed by atoms with Crippen molar-refractivity contribution >= 4 is 40.5 Å². The molecule has 0 fully saturated rings. The molecule has 0 saturated heterocycles. The molecule has 0 atom stereocenters. The van der Waals surface area contributed by atoms with E-state index in [2.05, 4.69) is 16.0 Å². The maximum Gasteiger partial charge on any atom is 0.255 e. The van der Waals surface area contributed by atoms with E-state index in [0.29, 0.717) is 11.3 Å². The molecule has 6 heteroatoms. The monoisotopic (exact) mass is 355 g/mol. The summed E-state index contributed by atoms with van der Waals surface area (Å²) in [5.74, 6) is -0.400. The standard InChI is InChI=1S/C19H21N3O2S/c1-19(2,3)17(24)22-18(25)21-15-11-7-8-13(12-15)16(23)20-14-9-5-4-6-10-14/h4-12H,1-3H3,(H,20,23)(H2,21,22,24,25). The van der Waals surface area contributed by atoms with Gasteiger partial charge in [-0.2, -0.15) is 0 Å². The lowest BCUT2D eigenvalue weighted by atomic mass is 9.96. The van der Waals surface area contributed by atoms with Crippen molar-refractivity contribution in [1.82, 2.24) is 5.32 Å². The van der Waals surface area contributed by atoms with E-state index in [9.17, 15) is 9.59 Å². The molecule has 5 nitrogen and oxygen atoms in total. The van der Waals surface area contributed by atoms with Crippen molar-refractivity contribution in [2.45, 2.75) is 20.8 Å². The lowest BCUT2D eigenvalue weighted by Crippen LogP contribution is -2.41. The number of benzene rings is 2. The highest BCUT2D eigenvalue weighted by atomic mass is 32.1. The molecule has 0 aliphatic carbocycles. The number of hydrogen-bond donors (Lipinski definition) is 3. The van der Waals surface area contributed by atoms with Crippen LogP contribution in [0.3, 0.4) is 0 Å². The Morgan fingerprint density at radius 1 is 0.880 bits per heavy atom. The lowest BCUT2D eigenvalue weighted by molar-refractivity contribution is -0.126. The van der Waals surface area contributed by atoms with Gasteiger partial charge in [0, 0.05) is 22.4 Å². The van der Waals surface area contributed by atoms with Crippen molar-refractivity contribution in [2.24, 2.45) is 5.41 Å². The summed E-state index contributed by atoms with van der Waals surface area (Å²) in [5.41, 5.74) is 1.29. The number of anilines is 2. The number of nitrogens with one attached hydrogen (secondary N) is 3. The molecule has 130 valence electrons. The van der Waals surface area contributed by atoms with Crippen LogP contribution in [0.1, 0.15) is 31.1 Å². The van der Waals surface area contributed by atoms with E-state index in [0.717, 1.165) is 5.69 Å². The molecule has 0 aliphatic heterocycles. The zero-order chi connectivity index (χ0) is 18.4.